The maximum Gasteiger partial charge on any atom is 0.224 e. The summed E-state index contributed by atoms with van der Waals surface area (Å²) < 4.78 is 43.0. The predicted molar refractivity (Wildman–Crippen MR) is 167 cm³/mol. The van der Waals surface area contributed by atoms with E-state index in [1.807, 2.05) is 24.3 Å². The Bertz CT molecular complexity index is 1600. The Hall–Kier alpha value is -3.40. The van der Waals surface area contributed by atoms with E-state index >= 15 is 0 Å². The maximum absolute atomic E-state index is 13.8. The maximum atomic E-state index is 13.8. The number of anilines is 1. The molecule has 1 unspecified atom stereocenters. The van der Waals surface area contributed by atoms with Crippen molar-refractivity contribution in [3.63, 3.8) is 0 Å². The van der Waals surface area contributed by atoms with Gasteiger partial charge in [0.25, 0.3) is 0 Å². The van der Waals surface area contributed by atoms with Crippen LogP contribution >= 0.6 is 11.3 Å². The fourth-order valence-corrected chi connectivity index (χ4v) is 8.85. The molecule has 1 aromatic carbocycles. The highest BCUT2D eigenvalue weighted by atomic mass is 32.2. The highest BCUT2D eigenvalue weighted by Gasteiger charge is 2.37. The fourth-order valence-electron chi connectivity index (χ4n) is 6.53. The van der Waals surface area contributed by atoms with Crippen molar-refractivity contribution in [2.24, 2.45) is 11.8 Å². The topological polar surface area (TPSA) is 125 Å². The van der Waals surface area contributed by atoms with Crippen LogP contribution in [-0.2, 0) is 19.4 Å². The molecule has 2 saturated heterocycles. The number of nitriles is 1. The number of hydrogen-bond donors (Lipinski definition) is 1. The van der Waals surface area contributed by atoms with E-state index in [1.165, 1.54) is 23.6 Å². The molecule has 3 aromatic rings. The van der Waals surface area contributed by atoms with E-state index in [1.54, 1.807) is 6.07 Å². The molecule has 3 atom stereocenters. The number of thiazole rings is 1. The van der Waals surface area contributed by atoms with E-state index in [-0.39, 0.29) is 35.2 Å². The first-order valence-corrected chi connectivity index (χ1v) is 17.9. The predicted octanol–water partition coefficient (Wildman–Crippen LogP) is 4.95. The van der Waals surface area contributed by atoms with Crippen LogP contribution in [0.2, 0.25) is 0 Å². The number of carbonyl (C=O) groups is 1. The molecule has 9 nitrogen and oxygen atoms in total. The second kappa shape index (κ2) is 13.3. The summed E-state index contributed by atoms with van der Waals surface area (Å²) in [6.07, 6.45) is 6.07. The van der Waals surface area contributed by atoms with Crippen molar-refractivity contribution in [3.8, 4) is 27.2 Å². The van der Waals surface area contributed by atoms with Crippen molar-refractivity contribution in [1.82, 2.24) is 15.3 Å². The lowest BCUT2D eigenvalue weighted by molar-refractivity contribution is -0.127. The van der Waals surface area contributed by atoms with Gasteiger partial charge in [-0.05, 0) is 61.4 Å². The molecular formula is C32H36FN5O4S2. The number of halogens is 1. The molecule has 4 heterocycles. The lowest BCUT2D eigenvalue weighted by Gasteiger charge is -2.33. The molecule has 0 bridgehead atoms. The van der Waals surface area contributed by atoms with Crippen molar-refractivity contribution in [2.75, 3.05) is 42.7 Å². The number of hydrogen-bond acceptors (Lipinski definition) is 9. The zero-order chi connectivity index (χ0) is 30.7. The highest BCUT2D eigenvalue weighted by Crippen LogP contribution is 2.46. The third kappa shape index (κ3) is 6.80. The summed E-state index contributed by atoms with van der Waals surface area (Å²) >= 11 is 1.47. The van der Waals surface area contributed by atoms with E-state index in [2.05, 4.69) is 21.3 Å². The van der Waals surface area contributed by atoms with Gasteiger partial charge in [-0.15, -0.1) is 11.3 Å². The Kier molecular flexibility index (Phi) is 9.26. The molecule has 1 N–H and O–H groups in total. The highest BCUT2D eigenvalue weighted by molar-refractivity contribution is 7.91. The first-order chi connectivity index (χ1) is 21.3. The molecule has 2 aliphatic heterocycles. The van der Waals surface area contributed by atoms with Crippen LogP contribution in [0.5, 0.6) is 0 Å². The summed E-state index contributed by atoms with van der Waals surface area (Å²) in [5.74, 6) is -0.642. The molecule has 0 radical (unpaired) electrons. The van der Waals surface area contributed by atoms with Crippen molar-refractivity contribution < 1.29 is 22.3 Å². The minimum absolute atomic E-state index is 0.0734. The van der Waals surface area contributed by atoms with Crippen LogP contribution < -0.4 is 10.2 Å². The van der Waals surface area contributed by atoms with E-state index < -0.39 is 21.7 Å². The van der Waals surface area contributed by atoms with Gasteiger partial charge in [0.05, 0.1) is 40.0 Å². The number of sulfone groups is 1. The third-order valence-electron chi connectivity index (χ3n) is 9.07. The molecule has 6 rings (SSSR count). The zero-order valence-electron chi connectivity index (χ0n) is 24.5. The van der Waals surface area contributed by atoms with Crippen molar-refractivity contribution >= 4 is 32.8 Å². The van der Waals surface area contributed by atoms with Crippen molar-refractivity contribution in [3.05, 3.63) is 54.1 Å². The van der Waals surface area contributed by atoms with Crippen LogP contribution in [0.25, 0.3) is 21.1 Å². The van der Waals surface area contributed by atoms with Crippen LogP contribution in [0, 0.1) is 29.0 Å². The number of carbonyl (C=O) groups excluding carboxylic acids is 1. The lowest BCUT2D eigenvalue weighted by atomic mass is 9.76. The molecule has 44 heavy (non-hydrogen) atoms. The van der Waals surface area contributed by atoms with Gasteiger partial charge >= 0.3 is 0 Å². The normalized spacial score (nSPS) is 23.0. The van der Waals surface area contributed by atoms with Gasteiger partial charge in [-0.2, -0.15) is 5.26 Å². The number of benzene rings is 1. The summed E-state index contributed by atoms with van der Waals surface area (Å²) in [5, 5.41) is 13.6. The van der Waals surface area contributed by atoms with Crippen LogP contribution in [0.4, 0.5) is 10.1 Å². The smallest absolute Gasteiger partial charge is 0.224 e. The van der Waals surface area contributed by atoms with E-state index in [0.29, 0.717) is 43.4 Å². The molecule has 232 valence electrons. The summed E-state index contributed by atoms with van der Waals surface area (Å²) in [5.41, 5.74) is 3.30. The molecule has 1 amide bonds. The first kappa shape index (κ1) is 30.6. The second-order valence-electron chi connectivity index (χ2n) is 11.8. The molecule has 1 aliphatic carbocycles. The standard InChI is InChI=1S/C32H36FN5O4S2/c33-23-7-10-27(35-20-23)32-37-29(30(43-32)22-5-8-24(9-6-22)38-13-17-44(40,41)18-14-38)25-3-1-2-4-26(25)31(39)36-28(19-34)21-11-15-42-16-12-21/h5-10,20-21,25-26,28H,1-4,11-18H2,(H,36,39)/t25-,26-,28?/m1/s1. The molecule has 12 heteroatoms. The van der Waals surface area contributed by atoms with Gasteiger partial charge in [-0.1, -0.05) is 25.0 Å². The number of ether oxygens (including phenoxy) is 1. The minimum Gasteiger partial charge on any atom is -0.381 e. The Morgan fingerprint density at radius 1 is 1.07 bits per heavy atom. The van der Waals surface area contributed by atoms with Gasteiger partial charge in [0, 0.05) is 43.8 Å². The molecule has 3 fully saturated rings. The Balaban J connectivity index is 1.31. The summed E-state index contributed by atoms with van der Waals surface area (Å²) in [6, 6.07) is 12.8. The average Bonchev–Trinajstić information content (AvgIpc) is 3.50. The van der Waals surface area contributed by atoms with Crippen molar-refractivity contribution in [1.29, 1.82) is 5.26 Å². The number of aromatic nitrogens is 2. The summed E-state index contributed by atoms with van der Waals surface area (Å²) in [4.78, 5) is 26.1. The van der Waals surface area contributed by atoms with Gasteiger partial charge in [0.1, 0.15) is 16.9 Å². The van der Waals surface area contributed by atoms with Crippen LogP contribution in [0.1, 0.15) is 50.1 Å². The monoisotopic (exact) mass is 637 g/mol. The minimum atomic E-state index is -2.98. The number of rotatable bonds is 7. The van der Waals surface area contributed by atoms with Gasteiger partial charge < -0.3 is 15.0 Å². The van der Waals surface area contributed by atoms with Crippen LogP contribution in [0.15, 0.2) is 42.6 Å². The fraction of sp³-hybridized carbons (Fsp3) is 0.500. The van der Waals surface area contributed by atoms with Crippen LogP contribution in [0.3, 0.4) is 0 Å². The lowest BCUT2D eigenvalue weighted by Crippen LogP contribution is -2.45. The SMILES string of the molecule is N#CC(NC(=O)[C@@H]1CCCC[C@H]1c1nc(-c2ccc(F)cn2)sc1-c1ccc(N2CCS(=O)(=O)CC2)cc1)C1CCOCC1. The number of nitrogens with zero attached hydrogens (tertiary/aromatic N) is 4. The second-order valence-corrected chi connectivity index (χ2v) is 15.1. The van der Waals surface area contributed by atoms with Gasteiger partial charge in [0.15, 0.2) is 9.84 Å². The van der Waals surface area contributed by atoms with Gasteiger partial charge in [0.2, 0.25) is 5.91 Å². The molecule has 3 aliphatic rings. The largest absolute Gasteiger partial charge is 0.381 e. The van der Waals surface area contributed by atoms with E-state index in [9.17, 15) is 22.9 Å². The molecule has 2 aromatic heterocycles. The number of nitrogens with one attached hydrogen (secondary N) is 1. The van der Waals surface area contributed by atoms with Crippen molar-refractivity contribution in [2.45, 2.75) is 50.5 Å². The molecule has 1 saturated carbocycles. The Labute approximate surface area is 261 Å². The van der Waals surface area contributed by atoms with Gasteiger partial charge in [-0.3, -0.25) is 9.78 Å². The van der Waals surface area contributed by atoms with Crippen LogP contribution in [-0.4, -0.2) is 68.1 Å². The summed E-state index contributed by atoms with van der Waals surface area (Å²) in [6.45, 7) is 2.13. The Morgan fingerprint density at radius 2 is 1.80 bits per heavy atom. The number of amides is 1. The zero-order valence-corrected chi connectivity index (χ0v) is 26.1. The van der Waals surface area contributed by atoms with Gasteiger partial charge in [-0.25, -0.2) is 17.8 Å². The molecule has 0 spiro atoms. The average molecular weight is 638 g/mol. The number of pyridine rings is 1. The summed E-state index contributed by atoms with van der Waals surface area (Å²) in [7, 11) is -2.98. The quantitative estimate of drug-likeness (QED) is 0.386. The third-order valence-corrected chi connectivity index (χ3v) is 11.8. The van der Waals surface area contributed by atoms with E-state index in [0.717, 1.165) is 53.9 Å². The first-order valence-electron chi connectivity index (χ1n) is 15.3. The molecular weight excluding hydrogens is 602 g/mol. The Morgan fingerprint density at radius 3 is 2.48 bits per heavy atom. The van der Waals surface area contributed by atoms with E-state index in [4.69, 9.17) is 9.72 Å².